The van der Waals surface area contributed by atoms with Crippen LogP contribution in [0.25, 0.3) is 5.57 Å². The highest BCUT2D eigenvalue weighted by Gasteiger charge is 2.27. The molecule has 1 aliphatic heterocycles. The molecule has 3 N–H and O–H groups in total. The van der Waals surface area contributed by atoms with E-state index in [0.29, 0.717) is 30.0 Å². The molecule has 2 aromatic rings. The van der Waals surface area contributed by atoms with Crippen molar-refractivity contribution >= 4 is 17.5 Å². The molecule has 188 valence electrons. The van der Waals surface area contributed by atoms with Gasteiger partial charge in [0.1, 0.15) is 0 Å². The first kappa shape index (κ1) is 26.1. The van der Waals surface area contributed by atoms with E-state index in [0.717, 1.165) is 22.3 Å². The lowest BCUT2D eigenvalue weighted by Gasteiger charge is -2.24. The number of rotatable bonds is 7. The van der Waals surface area contributed by atoms with Crippen molar-refractivity contribution in [2.45, 2.75) is 33.2 Å². The van der Waals surface area contributed by atoms with Crippen molar-refractivity contribution in [3.63, 3.8) is 0 Å². The second-order valence-electron chi connectivity index (χ2n) is 9.51. The molecule has 0 saturated carbocycles. The summed E-state index contributed by atoms with van der Waals surface area (Å²) < 4.78 is 11.1. The van der Waals surface area contributed by atoms with Crippen LogP contribution in [0.3, 0.4) is 0 Å². The van der Waals surface area contributed by atoms with Crippen LogP contribution in [0.2, 0.25) is 0 Å². The number of carbonyl (C=O) groups is 2. The molecule has 0 fully saturated rings. The number of urea groups is 1. The Balaban J connectivity index is 2.03. The molecule has 1 aliphatic rings. The Hall–Kier alpha value is -3.52. The van der Waals surface area contributed by atoms with Gasteiger partial charge < -0.3 is 25.2 Å². The maximum absolute atomic E-state index is 12.7. The van der Waals surface area contributed by atoms with Crippen LogP contribution in [-0.2, 0) is 6.42 Å². The van der Waals surface area contributed by atoms with E-state index in [-0.39, 0.29) is 24.6 Å². The third kappa shape index (κ3) is 5.77. The van der Waals surface area contributed by atoms with Gasteiger partial charge in [-0.2, -0.15) is 0 Å². The quantitative estimate of drug-likeness (QED) is 0.563. The van der Waals surface area contributed by atoms with Crippen LogP contribution in [-0.4, -0.2) is 62.4 Å². The lowest BCUT2D eigenvalue weighted by Crippen LogP contribution is -2.40. The Morgan fingerprint density at radius 1 is 1.11 bits per heavy atom. The van der Waals surface area contributed by atoms with Crippen LogP contribution in [0.5, 0.6) is 11.5 Å². The molecule has 1 heterocycles. The molecule has 0 spiro atoms. The summed E-state index contributed by atoms with van der Waals surface area (Å²) in [4.78, 5) is 27.0. The zero-order valence-electron chi connectivity index (χ0n) is 21.3. The first-order chi connectivity index (χ1) is 16.6. The van der Waals surface area contributed by atoms with E-state index in [1.54, 1.807) is 38.3 Å². The van der Waals surface area contributed by atoms with Gasteiger partial charge in [-0.25, -0.2) is 4.79 Å². The molecule has 0 radical (unpaired) electrons. The molecule has 3 amide bonds. The molecule has 2 aromatic carbocycles. The van der Waals surface area contributed by atoms with Gasteiger partial charge in [-0.15, -0.1) is 0 Å². The largest absolute Gasteiger partial charge is 0.493 e. The third-order valence-corrected chi connectivity index (χ3v) is 6.22. The topological polar surface area (TPSA) is 100 Å². The second kappa shape index (κ2) is 10.8. The average molecular weight is 482 g/mol. The number of aliphatic hydroxyl groups excluding tert-OH is 1. The molecular weight excluding hydrogens is 446 g/mol. The van der Waals surface area contributed by atoms with Gasteiger partial charge in [0, 0.05) is 49.0 Å². The second-order valence-corrected chi connectivity index (χ2v) is 9.51. The summed E-state index contributed by atoms with van der Waals surface area (Å²) in [6.45, 7) is 6.11. The minimum Gasteiger partial charge on any atom is -0.493 e. The monoisotopic (exact) mass is 481 g/mol. The van der Waals surface area contributed by atoms with E-state index in [4.69, 9.17) is 9.47 Å². The summed E-state index contributed by atoms with van der Waals surface area (Å²) in [5.74, 6) is 1.02. The standard InChI is InChI=1S/C27H35N3O5/c1-17-11-20-12-23(34-5)24(35-6)13-21(20)22(14-30(17)26(33)28-4)18-7-9-19(10-8-18)25(32)29-15-27(2,3)16-31/h7-10,12-14,17,31H,11,15-16H2,1-6H3,(H,28,33)(H,29,32). The van der Waals surface area contributed by atoms with Gasteiger partial charge >= 0.3 is 6.03 Å². The van der Waals surface area contributed by atoms with Crippen molar-refractivity contribution in [2.24, 2.45) is 5.41 Å². The van der Waals surface area contributed by atoms with Crippen LogP contribution in [0.1, 0.15) is 47.8 Å². The molecule has 0 aliphatic carbocycles. The van der Waals surface area contributed by atoms with Crippen molar-refractivity contribution in [1.82, 2.24) is 15.5 Å². The Kier molecular flexibility index (Phi) is 8.07. The van der Waals surface area contributed by atoms with Crippen LogP contribution >= 0.6 is 0 Å². The third-order valence-electron chi connectivity index (χ3n) is 6.22. The molecule has 1 unspecified atom stereocenters. The Morgan fingerprint density at radius 2 is 1.74 bits per heavy atom. The smallest absolute Gasteiger partial charge is 0.321 e. The van der Waals surface area contributed by atoms with Gasteiger partial charge in [-0.1, -0.05) is 26.0 Å². The number of carbonyl (C=O) groups excluding carboxylic acids is 2. The zero-order valence-corrected chi connectivity index (χ0v) is 21.3. The van der Waals surface area contributed by atoms with Crippen molar-refractivity contribution in [2.75, 3.05) is 34.4 Å². The maximum atomic E-state index is 12.7. The van der Waals surface area contributed by atoms with Gasteiger partial charge in [0.25, 0.3) is 5.91 Å². The number of hydrogen-bond acceptors (Lipinski definition) is 5. The van der Waals surface area contributed by atoms with Gasteiger partial charge in [-0.05, 0) is 54.3 Å². The van der Waals surface area contributed by atoms with E-state index >= 15 is 0 Å². The SMILES string of the molecule is CNC(=O)N1C=C(c2ccc(C(=O)NCC(C)(C)CO)cc2)c2cc(OC)c(OC)cc2CC1C. The Labute approximate surface area is 206 Å². The first-order valence-electron chi connectivity index (χ1n) is 11.6. The van der Waals surface area contributed by atoms with Gasteiger partial charge in [0.15, 0.2) is 11.5 Å². The van der Waals surface area contributed by atoms with E-state index < -0.39 is 5.41 Å². The van der Waals surface area contributed by atoms with E-state index in [9.17, 15) is 14.7 Å². The fraction of sp³-hybridized carbons (Fsp3) is 0.407. The zero-order chi connectivity index (χ0) is 25.8. The molecule has 0 bridgehead atoms. The van der Waals surface area contributed by atoms with E-state index in [2.05, 4.69) is 10.6 Å². The number of amides is 3. The molecule has 35 heavy (non-hydrogen) atoms. The highest BCUT2D eigenvalue weighted by Crippen LogP contribution is 2.39. The molecule has 0 aromatic heterocycles. The van der Waals surface area contributed by atoms with Crippen molar-refractivity contribution < 1.29 is 24.2 Å². The highest BCUT2D eigenvalue weighted by atomic mass is 16.5. The van der Waals surface area contributed by atoms with Gasteiger partial charge in [-0.3, -0.25) is 9.69 Å². The molecule has 8 heteroatoms. The number of nitrogens with zero attached hydrogens (tertiary/aromatic N) is 1. The highest BCUT2D eigenvalue weighted by molar-refractivity contribution is 5.95. The number of ether oxygens (including phenoxy) is 2. The lowest BCUT2D eigenvalue weighted by atomic mass is 9.92. The summed E-state index contributed by atoms with van der Waals surface area (Å²) in [6, 6.07) is 10.8. The molecule has 8 nitrogen and oxygen atoms in total. The summed E-state index contributed by atoms with van der Waals surface area (Å²) in [7, 11) is 4.80. The molecule has 3 rings (SSSR count). The molecular formula is C27H35N3O5. The summed E-state index contributed by atoms with van der Waals surface area (Å²) in [6.07, 6.45) is 2.48. The summed E-state index contributed by atoms with van der Waals surface area (Å²) in [5, 5.41) is 15.0. The minimum absolute atomic E-state index is 0.0196. The van der Waals surface area contributed by atoms with E-state index in [1.807, 2.05) is 51.2 Å². The van der Waals surface area contributed by atoms with Crippen LogP contribution in [0.4, 0.5) is 4.79 Å². The Bertz CT molecular complexity index is 1110. The van der Waals surface area contributed by atoms with Crippen molar-refractivity contribution in [3.8, 4) is 11.5 Å². The molecule has 0 saturated heterocycles. The Morgan fingerprint density at radius 3 is 2.31 bits per heavy atom. The normalized spacial score (nSPS) is 15.5. The first-order valence-corrected chi connectivity index (χ1v) is 11.6. The number of hydrogen-bond donors (Lipinski definition) is 3. The van der Waals surface area contributed by atoms with E-state index in [1.165, 1.54) is 0 Å². The fourth-order valence-corrected chi connectivity index (χ4v) is 3.99. The fourth-order valence-electron chi connectivity index (χ4n) is 3.99. The van der Waals surface area contributed by atoms with Crippen LogP contribution in [0.15, 0.2) is 42.6 Å². The molecule has 1 atom stereocenters. The maximum Gasteiger partial charge on any atom is 0.321 e. The van der Waals surface area contributed by atoms with Gasteiger partial charge in [0.2, 0.25) is 0 Å². The van der Waals surface area contributed by atoms with Crippen LogP contribution < -0.4 is 20.1 Å². The predicted octanol–water partition coefficient (Wildman–Crippen LogP) is 3.43. The summed E-state index contributed by atoms with van der Waals surface area (Å²) >= 11 is 0. The number of nitrogens with one attached hydrogen (secondary N) is 2. The van der Waals surface area contributed by atoms with Crippen molar-refractivity contribution in [3.05, 3.63) is 64.9 Å². The number of fused-ring (bicyclic) bond motifs is 1. The minimum atomic E-state index is -0.398. The summed E-state index contributed by atoms with van der Waals surface area (Å²) in [5.41, 5.74) is 3.77. The average Bonchev–Trinajstić information content (AvgIpc) is 3.01. The number of aliphatic hydroxyl groups is 1. The van der Waals surface area contributed by atoms with Crippen molar-refractivity contribution in [1.29, 1.82) is 0 Å². The van der Waals surface area contributed by atoms with Crippen LogP contribution in [0, 0.1) is 5.41 Å². The lowest BCUT2D eigenvalue weighted by molar-refractivity contribution is 0.0911. The van der Waals surface area contributed by atoms with Gasteiger partial charge in [0.05, 0.1) is 14.2 Å². The number of benzene rings is 2. The number of methoxy groups -OCH3 is 2. The predicted molar refractivity (Wildman–Crippen MR) is 136 cm³/mol.